The number of aromatic nitrogens is 2. The number of aliphatic hydroxyl groups excluding tert-OH is 1. The zero-order chi connectivity index (χ0) is 41.5. The van der Waals surface area contributed by atoms with Crippen molar-refractivity contribution in [3.8, 4) is 29.7 Å². The molecule has 2 aromatic heterocycles. The molecule has 0 atom stereocenters. The van der Waals surface area contributed by atoms with Gasteiger partial charge in [0, 0.05) is 48.8 Å². The highest BCUT2D eigenvalue weighted by atomic mass is 127. The molecule has 0 amide bonds. The van der Waals surface area contributed by atoms with Gasteiger partial charge in [0.2, 0.25) is 17.3 Å². The molecule has 18 nitrogen and oxygen atoms in total. The van der Waals surface area contributed by atoms with Crippen molar-refractivity contribution in [1.29, 1.82) is 15.8 Å². The molecule has 6 N–H and O–H groups in total. The van der Waals surface area contributed by atoms with Crippen LogP contribution in [0.4, 0.5) is 0 Å². The average molecular weight is 1020 g/mol. The molecule has 1 aliphatic heterocycles. The Balaban J connectivity index is 0.000000574. The molecule has 20 heteroatoms. The molecule has 0 bridgehead atoms. The number of hydrogen-bond acceptors (Lipinski definition) is 13. The number of ketones is 1. The lowest BCUT2D eigenvalue weighted by atomic mass is 9.78. The van der Waals surface area contributed by atoms with Gasteiger partial charge >= 0.3 is 17.9 Å². The molecule has 5 rings (SSSR count). The second-order valence-corrected chi connectivity index (χ2v) is 11.6. The molecule has 58 heavy (non-hydrogen) atoms. The van der Waals surface area contributed by atoms with Crippen LogP contribution in [0.15, 0.2) is 111 Å². The van der Waals surface area contributed by atoms with Crippen molar-refractivity contribution in [3.05, 3.63) is 133 Å². The molecular weight excluding hydrogens is 986 g/mol. The van der Waals surface area contributed by atoms with E-state index >= 15 is 0 Å². The smallest absolute Gasteiger partial charge is 0.309 e. The lowest BCUT2D eigenvalue weighted by Crippen LogP contribution is -3.00. The number of aliphatic hydroxyl groups is 1. The topological polar surface area (TPSA) is 306 Å². The number of aromatic hydroxyl groups is 2. The number of carboxylic acid groups (broad SMARTS) is 3. The van der Waals surface area contributed by atoms with E-state index in [1.54, 1.807) is 51.2 Å². The minimum Gasteiger partial charge on any atom is -1.00 e. The van der Waals surface area contributed by atoms with Gasteiger partial charge in [0.25, 0.3) is 10.9 Å². The Morgan fingerprint density at radius 1 is 0.672 bits per heavy atom. The number of carbonyl (C=O) groups excluding carboxylic acids is 1. The normalized spacial score (nSPS) is 13.0. The van der Waals surface area contributed by atoms with Crippen LogP contribution < -0.4 is 67.9 Å². The van der Waals surface area contributed by atoms with Crippen LogP contribution in [-0.4, -0.2) is 65.8 Å². The highest BCUT2D eigenvalue weighted by molar-refractivity contribution is 6.27. The molecule has 3 heterocycles. The van der Waals surface area contributed by atoms with E-state index in [0.29, 0.717) is 24.1 Å². The molecule has 0 fully saturated rings. The zero-order valence-electron chi connectivity index (χ0n) is 29.9. The SMILES string of the molecule is N#CC(=C1C=CN(CCC(=O)O)C=C1)C1=C(O)/C(=C(/C#N)c2cc[n+](CCC(=O)O)cc2)C1=O.N#CCc1cc[n+](CCC(=O)O)cc1.O=c1c(O)c(O)c1=O.[I-].[I-]. The highest BCUT2D eigenvalue weighted by Crippen LogP contribution is 2.39. The van der Waals surface area contributed by atoms with Gasteiger partial charge in [-0.3, -0.25) is 28.8 Å². The number of aliphatic carboxylic acids is 3. The van der Waals surface area contributed by atoms with Crippen LogP contribution in [0.3, 0.4) is 0 Å². The third kappa shape index (κ3) is 13.2. The molecule has 0 spiro atoms. The average Bonchev–Trinajstić information content (AvgIpc) is 3.20. The first-order valence-electron chi connectivity index (χ1n) is 16.2. The summed E-state index contributed by atoms with van der Waals surface area (Å²) < 4.78 is 3.40. The lowest BCUT2D eigenvalue weighted by Gasteiger charge is -2.24. The van der Waals surface area contributed by atoms with E-state index in [4.69, 9.17) is 30.8 Å². The van der Waals surface area contributed by atoms with Gasteiger partial charge in [-0.15, -0.1) is 0 Å². The van der Waals surface area contributed by atoms with Crippen LogP contribution in [0.25, 0.3) is 5.57 Å². The van der Waals surface area contributed by atoms with E-state index < -0.39 is 51.8 Å². The second kappa shape index (κ2) is 23.4. The van der Waals surface area contributed by atoms with Crippen LogP contribution in [0, 0.1) is 34.0 Å². The molecule has 0 radical (unpaired) electrons. The predicted molar refractivity (Wildman–Crippen MR) is 189 cm³/mol. The molecule has 3 aromatic rings. The quantitative estimate of drug-likeness (QED) is 0.0325. The van der Waals surface area contributed by atoms with Gasteiger partial charge in [-0.05, 0) is 23.3 Å². The zero-order valence-corrected chi connectivity index (χ0v) is 34.3. The number of pyridine rings is 2. The maximum Gasteiger partial charge on any atom is 0.309 e. The number of carboxylic acids is 3. The molecule has 1 aromatic carbocycles. The summed E-state index contributed by atoms with van der Waals surface area (Å²) >= 11 is 0. The van der Waals surface area contributed by atoms with Crippen LogP contribution in [-0.2, 0) is 38.7 Å². The molecule has 1 aliphatic carbocycles. The van der Waals surface area contributed by atoms with Crippen molar-refractivity contribution in [2.24, 2.45) is 0 Å². The Morgan fingerprint density at radius 3 is 1.50 bits per heavy atom. The van der Waals surface area contributed by atoms with E-state index in [2.05, 4.69) is 6.07 Å². The van der Waals surface area contributed by atoms with Crippen LogP contribution >= 0.6 is 0 Å². The number of allylic oxidation sites excluding steroid dienone is 7. The number of carbonyl (C=O) groups is 4. The number of hydrogen-bond donors (Lipinski definition) is 6. The largest absolute Gasteiger partial charge is 1.00 e. The Hall–Kier alpha value is -6.71. The van der Waals surface area contributed by atoms with Gasteiger partial charge in [0.05, 0.1) is 41.2 Å². The van der Waals surface area contributed by atoms with Gasteiger partial charge in [0.1, 0.15) is 30.7 Å². The molecule has 0 saturated heterocycles. The third-order valence-electron chi connectivity index (χ3n) is 7.87. The van der Waals surface area contributed by atoms with Crippen molar-refractivity contribution in [2.45, 2.75) is 38.8 Å². The van der Waals surface area contributed by atoms with Crippen LogP contribution in [0.1, 0.15) is 30.4 Å². The summed E-state index contributed by atoms with van der Waals surface area (Å²) in [7, 11) is 0. The maximum atomic E-state index is 12.9. The number of nitriles is 3. The number of halogens is 2. The summed E-state index contributed by atoms with van der Waals surface area (Å²) in [6.07, 6.45) is 13.3. The Labute approximate surface area is 363 Å². The number of rotatable bonds is 12. The molecule has 0 unspecified atom stereocenters. The minimum absolute atomic E-state index is 0. The Bertz CT molecular complexity index is 2360. The fourth-order valence-electron chi connectivity index (χ4n) is 4.83. The summed E-state index contributed by atoms with van der Waals surface area (Å²) in [6.45, 7) is 0.925. The first-order valence-corrected chi connectivity index (χ1v) is 16.2. The fourth-order valence-corrected chi connectivity index (χ4v) is 4.83. The monoisotopic (exact) mass is 1020 g/mol. The van der Waals surface area contributed by atoms with Gasteiger partial charge in [-0.2, -0.15) is 15.8 Å². The van der Waals surface area contributed by atoms with Gasteiger partial charge in [0.15, 0.2) is 37.9 Å². The first-order chi connectivity index (χ1) is 26.6. The molecule has 2 aliphatic rings. The van der Waals surface area contributed by atoms with E-state index in [0.717, 1.165) is 5.56 Å². The molecular formula is C38H32I2N6O12. The summed E-state index contributed by atoms with van der Waals surface area (Å²) in [5.74, 6) is -5.45. The van der Waals surface area contributed by atoms with E-state index in [1.165, 1.54) is 24.3 Å². The lowest BCUT2D eigenvalue weighted by molar-refractivity contribution is -0.696. The van der Waals surface area contributed by atoms with Gasteiger partial charge in [-0.25, -0.2) is 9.13 Å². The summed E-state index contributed by atoms with van der Waals surface area (Å²) in [6, 6.07) is 12.6. The number of aryl methyl sites for hydroxylation is 2. The highest BCUT2D eigenvalue weighted by Gasteiger charge is 2.40. The van der Waals surface area contributed by atoms with Gasteiger partial charge < -0.3 is 83.5 Å². The van der Waals surface area contributed by atoms with Crippen molar-refractivity contribution >= 4 is 29.3 Å². The van der Waals surface area contributed by atoms with Crippen molar-refractivity contribution in [3.63, 3.8) is 0 Å². The predicted octanol–water partition coefficient (Wildman–Crippen LogP) is -5.02. The Morgan fingerprint density at radius 2 is 1.12 bits per heavy atom. The third-order valence-corrected chi connectivity index (χ3v) is 7.87. The van der Waals surface area contributed by atoms with Crippen LogP contribution in [0.2, 0.25) is 0 Å². The summed E-state index contributed by atoms with van der Waals surface area (Å²) in [5.41, 5.74) is -0.866. The number of Topliss-reactive ketones (excluding diaryl/α,β-unsaturated/α-hetero) is 1. The second-order valence-electron chi connectivity index (χ2n) is 11.6. The minimum atomic E-state index is -1.01. The summed E-state index contributed by atoms with van der Waals surface area (Å²) in [4.78, 5) is 66.1. The van der Waals surface area contributed by atoms with Crippen molar-refractivity contribution < 1.29 is 107 Å². The van der Waals surface area contributed by atoms with E-state index in [1.807, 2.05) is 24.3 Å². The standard InChI is InChI=1S/C24H18N4O6.C10H10N2O2.C4H2O4.2HI/c25-13-17(15-1-7-27(8-2-15)11-5-19(29)30)21-23(33)22(24(21)34)18(14-26)16-3-9-28(10-4-16)12-6-20(31)32;11-5-1-9-2-6-12(7-3-9)8-4-10(13)14;5-1-2(6)4(8)3(1)7;;/h1-4,7-10H,5-6,11-12H2,(H2-,29,30,31,32,33,34);2-3,6-7H,1,4,8H2;5-6H;2*1H. The van der Waals surface area contributed by atoms with Gasteiger partial charge in [-0.1, -0.05) is 0 Å². The number of nitrogens with zero attached hydrogens (tertiary/aromatic N) is 6. The van der Waals surface area contributed by atoms with Crippen LogP contribution in [0.5, 0.6) is 11.5 Å². The van der Waals surface area contributed by atoms with Crippen molar-refractivity contribution in [2.75, 3.05) is 6.54 Å². The van der Waals surface area contributed by atoms with Crippen molar-refractivity contribution in [1.82, 2.24) is 4.90 Å². The first kappa shape index (κ1) is 49.3. The van der Waals surface area contributed by atoms with E-state index in [-0.39, 0.29) is 103 Å². The molecule has 0 saturated carbocycles. The van der Waals surface area contributed by atoms with E-state index in [9.17, 15) is 44.4 Å². The maximum absolute atomic E-state index is 12.9. The molecule has 300 valence electrons. The summed E-state index contributed by atoms with van der Waals surface area (Å²) in [5, 5.41) is 80.7. The Kier molecular flexibility index (Phi) is 19.9. The fraction of sp³-hybridized carbons (Fsp3) is 0.184.